The number of carbonyl (C=O) groups excluding carboxylic acids is 4. The van der Waals surface area contributed by atoms with Gasteiger partial charge in [-0.15, -0.1) is 0 Å². The van der Waals surface area contributed by atoms with Crippen molar-refractivity contribution >= 4 is 40.5 Å². The highest BCUT2D eigenvalue weighted by atomic mass is 16.4. The second kappa shape index (κ2) is 13.2. The molecule has 3 aromatic rings. The molecule has 0 spiro atoms. The van der Waals surface area contributed by atoms with Crippen molar-refractivity contribution in [2.45, 2.75) is 50.4 Å². The molecule has 10 N–H and O–H groups in total. The smallest absolute Gasteiger partial charge is 0.326 e. The number of hydrogen-bond donors (Lipinski definition) is 8. The molecule has 0 fully saturated rings. The molecule has 13 heteroatoms. The number of para-hydroxylation sites is 1. The van der Waals surface area contributed by atoms with E-state index in [4.69, 9.17) is 11.5 Å². The topological polar surface area (TPSA) is 230 Å². The Hall–Kier alpha value is -4.91. The monoisotopic (exact) mass is 552 g/mol. The van der Waals surface area contributed by atoms with E-state index in [-0.39, 0.29) is 18.6 Å². The van der Waals surface area contributed by atoms with E-state index in [1.165, 1.54) is 19.1 Å². The Balaban J connectivity index is 1.75. The van der Waals surface area contributed by atoms with Crippen molar-refractivity contribution in [2.75, 3.05) is 0 Å². The van der Waals surface area contributed by atoms with E-state index >= 15 is 0 Å². The highest BCUT2D eigenvalue weighted by molar-refractivity contribution is 5.95. The van der Waals surface area contributed by atoms with Gasteiger partial charge in [-0.3, -0.25) is 19.2 Å². The van der Waals surface area contributed by atoms with Gasteiger partial charge in [0.25, 0.3) is 0 Å². The van der Waals surface area contributed by atoms with Gasteiger partial charge in [-0.25, -0.2) is 4.79 Å². The van der Waals surface area contributed by atoms with Crippen LogP contribution in [0.2, 0.25) is 0 Å². The normalized spacial score (nSPS) is 13.9. The lowest BCUT2D eigenvalue weighted by Crippen LogP contribution is -2.57. The first-order chi connectivity index (χ1) is 18.9. The number of aromatic nitrogens is 1. The summed E-state index contributed by atoms with van der Waals surface area (Å²) in [6.07, 6.45) is 1.29. The maximum atomic E-state index is 13.3. The van der Waals surface area contributed by atoms with E-state index in [1.54, 1.807) is 18.3 Å². The lowest BCUT2D eigenvalue weighted by molar-refractivity contribution is -0.143. The number of fused-ring (bicyclic) bond motifs is 1. The molecular formula is C27H32N6O7. The van der Waals surface area contributed by atoms with Crippen molar-refractivity contribution in [2.24, 2.45) is 11.5 Å². The first-order valence-electron chi connectivity index (χ1n) is 12.4. The number of aromatic hydroxyl groups is 1. The Morgan fingerprint density at radius 1 is 0.875 bits per heavy atom. The molecule has 40 heavy (non-hydrogen) atoms. The number of carboxylic acids is 1. The van der Waals surface area contributed by atoms with Crippen LogP contribution in [0.25, 0.3) is 10.9 Å². The zero-order chi connectivity index (χ0) is 29.4. The summed E-state index contributed by atoms with van der Waals surface area (Å²) in [6.45, 7) is 1.33. The molecule has 0 aliphatic carbocycles. The quantitative estimate of drug-likeness (QED) is 0.136. The fourth-order valence-corrected chi connectivity index (χ4v) is 4.06. The number of H-pyrrole nitrogens is 1. The molecule has 3 rings (SSSR count). The van der Waals surface area contributed by atoms with Crippen LogP contribution < -0.4 is 27.4 Å². The molecule has 0 aliphatic heterocycles. The van der Waals surface area contributed by atoms with Gasteiger partial charge >= 0.3 is 5.97 Å². The SMILES string of the molecule is CC(NC(=O)C(Cc1c[nH]c2ccccc12)NC(=O)C(N)Cc1ccc(O)cc1)C(=O)NC(CC(N)=O)C(=O)O. The molecule has 0 radical (unpaired) electrons. The summed E-state index contributed by atoms with van der Waals surface area (Å²) in [6, 6.07) is 8.64. The van der Waals surface area contributed by atoms with Gasteiger partial charge in [0.1, 0.15) is 23.9 Å². The zero-order valence-corrected chi connectivity index (χ0v) is 21.7. The average molecular weight is 553 g/mol. The van der Waals surface area contributed by atoms with Crippen molar-refractivity contribution in [3.8, 4) is 5.75 Å². The van der Waals surface area contributed by atoms with Crippen LogP contribution in [0, 0.1) is 0 Å². The third kappa shape index (κ3) is 8.04. The van der Waals surface area contributed by atoms with Crippen molar-refractivity contribution in [1.29, 1.82) is 0 Å². The molecule has 0 saturated heterocycles. The van der Waals surface area contributed by atoms with Gasteiger partial charge in [-0.05, 0) is 42.7 Å². The van der Waals surface area contributed by atoms with Crippen LogP contribution >= 0.6 is 0 Å². The van der Waals surface area contributed by atoms with Gasteiger partial charge in [0.05, 0.1) is 12.5 Å². The minimum Gasteiger partial charge on any atom is -0.508 e. The number of phenols is 1. The minimum atomic E-state index is -1.57. The molecule has 1 aromatic heterocycles. The lowest BCUT2D eigenvalue weighted by atomic mass is 10.0. The van der Waals surface area contributed by atoms with Crippen molar-refractivity contribution in [3.05, 3.63) is 65.9 Å². The highest BCUT2D eigenvalue weighted by Crippen LogP contribution is 2.19. The Labute approximate surface area is 229 Å². The number of rotatable bonds is 13. The molecule has 0 bridgehead atoms. The van der Waals surface area contributed by atoms with Gasteiger partial charge in [0.15, 0.2) is 0 Å². The molecule has 212 valence electrons. The molecule has 1 heterocycles. The fraction of sp³-hybridized carbons (Fsp3) is 0.296. The van der Waals surface area contributed by atoms with E-state index in [2.05, 4.69) is 20.9 Å². The van der Waals surface area contributed by atoms with Crippen molar-refractivity contribution < 1.29 is 34.2 Å². The first kappa shape index (κ1) is 29.6. The number of aromatic amines is 1. The predicted octanol–water partition coefficient (Wildman–Crippen LogP) is -0.580. The Morgan fingerprint density at radius 3 is 2.17 bits per heavy atom. The van der Waals surface area contributed by atoms with E-state index in [9.17, 15) is 34.2 Å². The van der Waals surface area contributed by atoms with Crippen molar-refractivity contribution in [1.82, 2.24) is 20.9 Å². The Morgan fingerprint density at radius 2 is 1.52 bits per heavy atom. The van der Waals surface area contributed by atoms with Crippen LogP contribution in [-0.4, -0.2) is 69.0 Å². The van der Waals surface area contributed by atoms with E-state index in [0.717, 1.165) is 16.5 Å². The largest absolute Gasteiger partial charge is 0.508 e. The Kier molecular flexibility index (Phi) is 9.81. The summed E-state index contributed by atoms with van der Waals surface area (Å²) in [5, 5.41) is 26.8. The molecule has 4 atom stereocenters. The van der Waals surface area contributed by atoms with Crippen LogP contribution in [0.3, 0.4) is 0 Å². The van der Waals surface area contributed by atoms with Gasteiger partial charge < -0.3 is 42.6 Å². The molecule has 0 aliphatic rings. The van der Waals surface area contributed by atoms with Crippen LogP contribution in [0.15, 0.2) is 54.7 Å². The number of aliphatic carboxylic acids is 1. The summed E-state index contributed by atoms with van der Waals surface area (Å²) in [5.74, 6) is -4.49. The van der Waals surface area contributed by atoms with E-state index < -0.39 is 60.2 Å². The second-order valence-electron chi connectivity index (χ2n) is 9.40. The summed E-state index contributed by atoms with van der Waals surface area (Å²) < 4.78 is 0. The average Bonchev–Trinajstić information content (AvgIpc) is 3.31. The van der Waals surface area contributed by atoms with Gasteiger partial charge in [-0.1, -0.05) is 30.3 Å². The number of carbonyl (C=O) groups is 5. The summed E-state index contributed by atoms with van der Waals surface area (Å²) in [7, 11) is 0. The van der Waals surface area contributed by atoms with Crippen molar-refractivity contribution in [3.63, 3.8) is 0 Å². The third-order valence-electron chi connectivity index (χ3n) is 6.23. The van der Waals surface area contributed by atoms with Crippen LogP contribution in [0.1, 0.15) is 24.5 Å². The summed E-state index contributed by atoms with van der Waals surface area (Å²) in [4.78, 5) is 64.5. The number of primary amides is 1. The molecule has 2 aromatic carbocycles. The van der Waals surface area contributed by atoms with E-state index in [0.29, 0.717) is 5.56 Å². The zero-order valence-electron chi connectivity index (χ0n) is 21.7. The maximum absolute atomic E-state index is 13.3. The van der Waals surface area contributed by atoms with Gasteiger partial charge in [-0.2, -0.15) is 0 Å². The number of nitrogens with one attached hydrogen (secondary N) is 4. The summed E-state index contributed by atoms with van der Waals surface area (Å²) in [5.41, 5.74) is 13.4. The van der Waals surface area contributed by atoms with Crippen LogP contribution in [0.5, 0.6) is 5.75 Å². The third-order valence-corrected chi connectivity index (χ3v) is 6.23. The molecule has 13 nitrogen and oxygen atoms in total. The minimum absolute atomic E-state index is 0.0568. The van der Waals surface area contributed by atoms with E-state index in [1.807, 2.05) is 24.3 Å². The second-order valence-corrected chi connectivity index (χ2v) is 9.40. The standard InChI is InChI=1S/C27H32N6O7/c1-14(24(36)33-22(27(39)40)12-23(29)35)31-26(38)21(11-16-13-30-20-5-3-2-4-18(16)20)32-25(37)19(28)10-15-6-8-17(34)9-7-15/h2-9,13-14,19,21-22,30,34H,10-12,28H2,1H3,(H2,29,35)(H,31,38)(H,32,37)(H,33,36)(H,39,40). The van der Waals surface area contributed by atoms with Crippen LogP contribution in [-0.2, 0) is 36.8 Å². The predicted molar refractivity (Wildman–Crippen MR) is 145 cm³/mol. The molecular weight excluding hydrogens is 520 g/mol. The first-order valence-corrected chi connectivity index (χ1v) is 12.4. The Bertz CT molecular complexity index is 1390. The molecule has 0 saturated carbocycles. The number of carboxylic acid groups (broad SMARTS) is 1. The number of benzene rings is 2. The maximum Gasteiger partial charge on any atom is 0.326 e. The lowest BCUT2D eigenvalue weighted by Gasteiger charge is -2.23. The molecule has 4 unspecified atom stereocenters. The fourth-order valence-electron chi connectivity index (χ4n) is 4.06. The number of phenolic OH excluding ortho intramolecular Hbond substituents is 1. The number of amides is 4. The highest BCUT2D eigenvalue weighted by Gasteiger charge is 2.29. The number of nitrogens with two attached hydrogens (primary N) is 2. The summed E-state index contributed by atoms with van der Waals surface area (Å²) >= 11 is 0. The van der Waals surface area contributed by atoms with Gasteiger partial charge in [0.2, 0.25) is 23.6 Å². The van der Waals surface area contributed by atoms with Crippen LogP contribution in [0.4, 0.5) is 0 Å². The van der Waals surface area contributed by atoms with Gasteiger partial charge in [0, 0.05) is 23.5 Å². The number of hydrogen-bond acceptors (Lipinski definition) is 7. The molecule has 4 amide bonds.